The molecule has 0 atom stereocenters. The van der Waals surface area contributed by atoms with Crippen LogP contribution in [0.15, 0.2) is 53.6 Å². The fourth-order valence-corrected chi connectivity index (χ4v) is 3.18. The van der Waals surface area contributed by atoms with Gasteiger partial charge in [-0.25, -0.2) is 0 Å². The second kappa shape index (κ2) is 8.69. The molecule has 146 valence electrons. The molecule has 0 saturated heterocycles. The summed E-state index contributed by atoms with van der Waals surface area (Å²) < 4.78 is 7.38. The summed E-state index contributed by atoms with van der Waals surface area (Å²) in [5, 5.41) is 3.85. The van der Waals surface area contributed by atoms with Crippen LogP contribution >= 0.6 is 0 Å². The first kappa shape index (κ1) is 19.6. The van der Waals surface area contributed by atoms with E-state index < -0.39 is 0 Å². The number of carbonyl (C=O) groups excluding carboxylic acids is 1. The Morgan fingerprint density at radius 1 is 1.18 bits per heavy atom. The molecular formula is C22H25N3O3. The molecule has 0 aliphatic rings. The molecule has 0 saturated carbocycles. The van der Waals surface area contributed by atoms with E-state index in [1.54, 1.807) is 23.0 Å². The fraction of sp³-hybridized carbons (Fsp3) is 0.318. The minimum Gasteiger partial charge on any atom is -0.484 e. The summed E-state index contributed by atoms with van der Waals surface area (Å²) in [5.74, 6) is 0.599. The van der Waals surface area contributed by atoms with Gasteiger partial charge in [0.05, 0.1) is 5.52 Å². The molecular weight excluding hydrogens is 354 g/mol. The third kappa shape index (κ3) is 4.39. The highest BCUT2D eigenvalue weighted by Gasteiger charge is 2.12. The molecule has 0 fully saturated rings. The average molecular weight is 379 g/mol. The number of nitrogens with zero attached hydrogens (tertiary/aromatic N) is 2. The standard InChI is InChI=1S/C22H25N3O3/c1-4-25-20-11-17(5-6-18(20)19(15(2)3)12-22(25)27)28-14-21(26)24-13-16-7-9-23-10-8-16/h5-12,15H,4,13-14H2,1-3H3,(H,24,26). The number of ether oxygens (including phenoxy) is 1. The molecule has 2 heterocycles. The monoisotopic (exact) mass is 379 g/mol. The highest BCUT2D eigenvalue weighted by molar-refractivity contribution is 5.84. The predicted molar refractivity (Wildman–Crippen MR) is 110 cm³/mol. The van der Waals surface area contributed by atoms with Gasteiger partial charge in [0, 0.05) is 43.0 Å². The summed E-state index contributed by atoms with van der Waals surface area (Å²) in [6.45, 7) is 7.00. The van der Waals surface area contributed by atoms with Gasteiger partial charge in [-0.15, -0.1) is 0 Å². The van der Waals surface area contributed by atoms with Crippen molar-refractivity contribution in [3.05, 3.63) is 70.3 Å². The van der Waals surface area contributed by atoms with Crippen molar-refractivity contribution < 1.29 is 9.53 Å². The number of benzene rings is 1. The first-order valence-electron chi connectivity index (χ1n) is 9.45. The van der Waals surface area contributed by atoms with Crippen LogP contribution in [0, 0.1) is 0 Å². The van der Waals surface area contributed by atoms with Gasteiger partial charge in [0.15, 0.2) is 6.61 Å². The molecule has 1 amide bonds. The van der Waals surface area contributed by atoms with E-state index in [0.717, 1.165) is 22.0 Å². The lowest BCUT2D eigenvalue weighted by atomic mass is 9.98. The van der Waals surface area contributed by atoms with Crippen LogP contribution in [0.5, 0.6) is 5.75 Å². The molecule has 0 bridgehead atoms. The fourth-order valence-electron chi connectivity index (χ4n) is 3.18. The van der Waals surface area contributed by atoms with E-state index in [1.165, 1.54) is 0 Å². The number of hydrogen-bond donors (Lipinski definition) is 1. The number of carbonyl (C=O) groups is 1. The lowest BCUT2D eigenvalue weighted by Crippen LogP contribution is -2.28. The van der Waals surface area contributed by atoms with Gasteiger partial charge in [-0.1, -0.05) is 13.8 Å². The van der Waals surface area contributed by atoms with E-state index >= 15 is 0 Å². The van der Waals surface area contributed by atoms with Crippen molar-refractivity contribution in [2.75, 3.05) is 6.61 Å². The topological polar surface area (TPSA) is 73.2 Å². The normalized spacial score (nSPS) is 11.0. The molecule has 3 aromatic rings. The summed E-state index contributed by atoms with van der Waals surface area (Å²) in [5.41, 5.74) is 2.80. The Kier molecular flexibility index (Phi) is 6.09. The van der Waals surface area contributed by atoms with Crippen LogP contribution in [0.25, 0.3) is 10.9 Å². The number of rotatable bonds is 7. The molecule has 3 rings (SSSR count). The molecule has 0 spiro atoms. The smallest absolute Gasteiger partial charge is 0.258 e. The number of amides is 1. The van der Waals surface area contributed by atoms with Crippen molar-refractivity contribution >= 4 is 16.8 Å². The Labute approximate surface area is 164 Å². The molecule has 2 aromatic heterocycles. The van der Waals surface area contributed by atoms with E-state index in [1.807, 2.05) is 37.3 Å². The zero-order valence-electron chi connectivity index (χ0n) is 16.4. The van der Waals surface area contributed by atoms with Crippen LogP contribution in [-0.2, 0) is 17.9 Å². The zero-order chi connectivity index (χ0) is 20.1. The van der Waals surface area contributed by atoms with Crippen LogP contribution in [-0.4, -0.2) is 22.1 Å². The molecule has 1 aromatic carbocycles. The third-order valence-electron chi connectivity index (χ3n) is 4.66. The van der Waals surface area contributed by atoms with E-state index in [9.17, 15) is 9.59 Å². The van der Waals surface area contributed by atoms with Gasteiger partial charge in [-0.3, -0.25) is 14.6 Å². The maximum absolute atomic E-state index is 12.4. The minimum atomic E-state index is -0.208. The van der Waals surface area contributed by atoms with E-state index in [0.29, 0.717) is 18.8 Å². The van der Waals surface area contributed by atoms with Gasteiger partial charge in [0.1, 0.15) is 5.75 Å². The maximum atomic E-state index is 12.4. The molecule has 6 heteroatoms. The second-order valence-electron chi connectivity index (χ2n) is 6.94. The SMILES string of the molecule is CCn1c(=O)cc(C(C)C)c2ccc(OCC(=O)NCc3ccncc3)cc21. The summed E-state index contributed by atoms with van der Waals surface area (Å²) in [4.78, 5) is 28.5. The molecule has 0 aliphatic heterocycles. The largest absolute Gasteiger partial charge is 0.484 e. The molecule has 0 aliphatic carbocycles. The molecule has 1 N–H and O–H groups in total. The number of pyridine rings is 2. The van der Waals surface area contributed by atoms with Gasteiger partial charge in [-0.2, -0.15) is 0 Å². The average Bonchev–Trinajstić information content (AvgIpc) is 2.70. The van der Waals surface area contributed by atoms with Crippen molar-refractivity contribution in [1.29, 1.82) is 0 Å². The number of aryl methyl sites for hydroxylation is 1. The first-order valence-corrected chi connectivity index (χ1v) is 9.45. The first-order chi connectivity index (χ1) is 13.5. The number of aromatic nitrogens is 2. The zero-order valence-corrected chi connectivity index (χ0v) is 16.4. The lowest BCUT2D eigenvalue weighted by molar-refractivity contribution is -0.123. The van der Waals surface area contributed by atoms with Gasteiger partial charge in [0.25, 0.3) is 11.5 Å². The Hall–Kier alpha value is -3.15. The van der Waals surface area contributed by atoms with E-state index in [2.05, 4.69) is 24.1 Å². The van der Waals surface area contributed by atoms with Crippen LogP contribution in [0.1, 0.15) is 37.8 Å². The second-order valence-corrected chi connectivity index (χ2v) is 6.94. The quantitative estimate of drug-likeness (QED) is 0.684. The molecule has 0 radical (unpaired) electrons. The summed E-state index contributed by atoms with van der Waals surface area (Å²) in [6.07, 6.45) is 3.37. The van der Waals surface area contributed by atoms with Crippen LogP contribution in [0.2, 0.25) is 0 Å². The lowest BCUT2D eigenvalue weighted by Gasteiger charge is -2.15. The number of nitrogens with one attached hydrogen (secondary N) is 1. The molecule has 6 nitrogen and oxygen atoms in total. The van der Waals surface area contributed by atoms with Crippen LogP contribution < -0.4 is 15.6 Å². The van der Waals surface area contributed by atoms with Crippen molar-refractivity contribution in [2.24, 2.45) is 0 Å². The van der Waals surface area contributed by atoms with Crippen molar-refractivity contribution in [3.8, 4) is 5.75 Å². The van der Waals surface area contributed by atoms with Crippen molar-refractivity contribution in [3.63, 3.8) is 0 Å². The summed E-state index contributed by atoms with van der Waals surface area (Å²) in [7, 11) is 0. The highest BCUT2D eigenvalue weighted by Crippen LogP contribution is 2.27. The van der Waals surface area contributed by atoms with Gasteiger partial charge < -0.3 is 14.6 Å². The van der Waals surface area contributed by atoms with Crippen molar-refractivity contribution in [1.82, 2.24) is 14.9 Å². The predicted octanol–water partition coefficient (Wildman–Crippen LogP) is 3.24. The third-order valence-corrected chi connectivity index (χ3v) is 4.66. The maximum Gasteiger partial charge on any atom is 0.258 e. The Morgan fingerprint density at radius 3 is 2.61 bits per heavy atom. The van der Waals surface area contributed by atoms with E-state index in [-0.39, 0.29) is 24.0 Å². The van der Waals surface area contributed by atoms with Gasteiger partial charge >= 0.3 is 0 Å². The summed E-state index contributed by atoms with van der Waals surface area (Å²) in [6, 6.07) is 11.0. The molecule has 0 unspecified atom stereocenters. The van der Waals surface area contributed by atoms with Crippen LogP contribution in [0.4, 0.5) is 0 Å². The highest BCUT2D eigenvalue weighted by atomic mass is 16.5. The van der Waals surface area contributed by atoms with E-state index in [4.69, 9.17) is 4.74 Å². The number of hydrogen-bond acceptors (Lipinski definition) is 4. The van der Waals surface area contributed by atoms with Crippen molar-refractivity contribution in [2.45, 2.75) is 39.8 Å². The van der Waals surface area contributed by atoms with Gasteiger partial charge in [0.2, 0.25) is 0 Å². The molecule has 28 heavy (non-hydrogen) atoms. The van der Waals surface area contributed by atoms with Crippen LogP contribution in [0.3, 0.4) is 0 Å². The Balaban J connectivity index is 1.75. The van der Waals surface area contributed by atoms with Gasteiger partial charge in [-0.05, 0) is 48.2 Å². The Morgan fingerprint density at radius 2 is 1.93 bits per heavy atom. The number of fused-ring (bicyclic) bond motifs is 1. The minimum absolute atomic E-state index is 0.0223. The summed E-state index contributed by atoms with van der Waals surface area (Å²) >= 11 is 0. The Bertz CT molecular complexity index is 1030.